The van der Waals surface area contributed by atoms with E-state index in [4.69, 9.17) is 10.00 Å². The predicted molar refractivity (Wildman–Crippen MR) is 52.7 cm³/mol. The highest BCUT2D eigenvalue weighted by Crippen LogP contribution is 2.27. The van der Waals surface area contributed by atoms with Crippen molar-refractivity contribution in [2.75, 3.05) is 6.61 Å². The number of hydrogen-bond donors (Lipinski definition) is 0. The molecular formula is C11H15NO3. The average Bonchev–Trinajstić information content (AvgIpc) is 2.22. The number of carbonyl (C=O) groups excluding carboxylic acids is 2. The third-order valence-electron chi connectivity index (χ3n) is 2.68. The van der Waals surface area contributed by atoms with Gasteiger partial charge in [0.2, 0.25) is 0 Å². The van der Waals surface area contributed by atoms with E-state index >= 15 is 0 Å². The Morgan fingerprint density at radius 1 is 1.67 bits per heavy atom. The molecule has 15 heavy (non-hydrogen) atoms. The van der Waals surface area contributed by atoms with Crippen LogP contribution >= 0.6 is 0 Å². The van der Waals surface area contributed by atoms with Crippen molar-refractivity contribution in [2.45, 2.75) is 32.6 Å². The lowest BCUT2D eigenvalue weighted by molar-refractivity contribution is -0.150. The van der Waals surface area contributed by atoms with Crippen molar-refractivity contribution in [3.8, 4) is 6.07 Å². The molecule has 0 bridgehead atoms. The van der Waals surface area contributed by atoms with Gasteiger partial charge >= 0.3 is 5.97 Å². The molecule has 4 nitrogen and oxygen atoms in total. The molecule has 0 heterocycles. The maximum Gasteiger partial charge on any atom is 0.324 e. The van der Waals surface area contributed by atoms with Crippen LogP contribution in [0.4, 0.5) is 0 Å². The van der Waals surface area contributed by atoms with Crippen LogP contribution in [0.25, 0.3) is 0 Å². The van der Waals surface area contributed by atoms with E-state index in [1.807, 2.05) is 6.07 Å². The van der Waals surface area contributed by atoms with E-state index in [2.05, 4.69) is 0 Å². The summed E-state index contributed by atoms with van der Waals surface area (Å²) in [6.07, 6.45) is 2.91. The molecule has 1 rings (SSSR count). The van der Waals surface area contributed by atoms with Gasteiger partial charge in [0.05, 0.1) is 12.7 Å². The van der Waals surface area contributed by atoms with E-state index in [-0.39, 0.29) is 12.4 Å². The summed E-state index contributed by atoms with van der Waals surface area (Å²) in [6, 6.07) is 1.89. The number of nitrogens with zero attached hydrogens (tertiary/aromatic N) is 1. The molecule has 2 atom stereocenters. The van der Waals surface area contributed by atoms with Gasteiger partial charge in [-0.3, -0.25) is 9.59 Å². The van der Waals surface area contributed by atoms with Crippen LogP contribution in [0.3, 0.4) is 0 Å². The highest BCUT2D eigenvalue weighted by atomic mass is 16.5. The minimum Gasteiger partial charge on any atom is -0.465 e. The molecule has 1 saturated carbocycles. The summed E-state index contributed by atoms with van der Waals surface area (Å²) in [6.45, 7) is 1.94. The smallest absolute Gasteiger partial charge is 0.324 e. The SMILES string of the molecule is CCOC(=O)[C@H](C#N)[C@H]1CCCCC1=O. The molecule has 0 unspecified atom stereocenters. The second-order valence-corrected chi connectivity index (χ2v) is 3.68. The zero-order valence-electron chi connectivity index (χ0n) is 8.86. The molecule has 1 fully saturated rings. The van der Waals surface area contributed by atoms with E-state index in [1.165, 1.54) is 0 Å². The second kappa shape index (κ2) is 5.50. The van der Waals surface area contributed by atoms with Crippen molar-refractivity contribution in [3.63, 3.8) is 0 Å². The minimum atomic E-state index is -0.905. The number of esters is 1. The van der Waals surface area contributed by atoms with Crippen molar-refractivity contribution >= 4 is 11.8 Å². The number of hydrogen-bond acceptors (Lipinski definition) is 4. The van der Waals surface area contributed by atoms with Crippen LogP contribution in [0.5, 0.6) is 0 Å². The van der Waals surface area contributed by atoms with Crippen LogP contribution in [0, 0.1) is 23.2 Å². The third kappa shape index (κ3) is 2.79. The van der Waals surface area contributed by atoms with Crippen LogP contribution < -0.4 is 0 Å². The van der Waals surface area contributed by atoms with Gasteiger partial charge in [0.25, 0.3) is 0 Å². The number of rotatable bonds is 3. The Hall–Kier alpha value is -1.37. The number of ketones is 1. The van der Waals surface area contributed by atoms with Crippen molar-refractivity contribution < 1.29 is 14.3 Å². The fourth-order valence-electron chi connectivity index (χ4n) is 1.90. The molecule has 0 aromatic heterocycles. The normalized spacial score (nSPS) is 22.9. The van der Waals surface area contributed by atoms with Gasteiger partial charge in [-0.05, 0) is 19.8 Å². The number of ether oxygens (including phenoxy) is 1. The van der Waals surface area contributed by atoms with Crippen molar-refractivity contribution in [2.24, 2.45) is 11.8 Å². The van der Waals surface area contributed by atoms with Crippen LogP contribution in [0.1, 0.15) is 32.6 Å². The van der Waals surface area contributed by atoms with E-state index in [0.29, 0.717) is 12.8 Å². The number of Topliss-reactive ketones (excluding diaryl/α,β-unsaturated/α-hetero) is 1. The van der Waals surface area contributed by atoms with Crippen molar-refractivity contribution in [1.82, 2.24) is 0 Å². The van der Waals surface area contributed by atoms with E-state index in [1.54, 1.807) is 6.92 Å². The van der Waals surface area contributed by atoms with Gasteiger partial charge in [-0.2, -0.15) is 5.26 Å². The molecule has 1 aliphatic rings. The molecular weight excluding hydrogens is 194 g/mol. The summed E-state index contributed by atoms with van der Waals surface area (Å²) in [5, 5.41) is 8.89. The first-order valence-corrected chi connectivity index (χ1v) is 5.29. The van der Waals surface area contributed by atoms with Crippen molar-refractivity contribution in [3.05, 3.63) is 0 Å². The van der Waals surface area contributed by atoms with Crippen LogP contribution in [-0.2, 0) is 14.3 Å². The standard InChI is InChI=1S/C11H15NO3/c1-2-15-11(14)9(7-12)8-5-3-4-6-10(8)13/h8-9H,2-6H2,1H3/t8-,9-/m1/s1. The average molecular weight is 209 g/mol. The van der Waals surface area contributed by atoms with Gasteiger partial charge in [0.15, 0.2) is 5.92 Å². The van der Waals surface area contributed by atoms with E-state index in [9.17, 15) is 9.59 Å². The molecule has 1 aliphatic carbocycles. The van der Waals surface area contributed by atoms with Gasteiger partial charge in [-0.25, -0.2) is 0 Å². The van der Waals surface area contributed by atoms with Crippen LogP contribution in [-0.4, -0.2) is 18.4 Å². The first-order chi connectivity index (χ1) is 7.20. The van der Waals surface area contributed by atoms with Gasteiger partial charge < -0.3 is 4.74 Å². The third-order valence-corrected chi connectivity index (χ3v) is 2.68. The summed E-state index contributed by atoms with van der Waals surface area (Å²) in [5.41, 5.74) is 0. The number of nitriles is 1. The zero-order valence-corrected chi connectivity index (χ0v) is 8.86. The minimum absolute atomic E-state index is 0.0286. The van der Waals surface area contributed by atoms with Gasteiger partial charge in [-0.1, -0.05) is 6.42 Å². The summed E-state index contributed by atoms with van der Waals surface area (Å²) >= 11 is 0. The molecule has 0 spiro atoms. The lowest BCUT2D eigenvalue weighted by Crippen LogP contribution is -2.32. The Morgan fingerprint density at radius 3 is 2.93 bits per heavy atom. The largest absolute Gasteiger partial charge is 0.465 e. The van der Waals surface area contributed by atoms with Gasteiger partial charge in [0.1, 0.15) is 5.78 Å². The highest BCUT2D eigenvalue weighted by Gasteiger charge is 2.35. The second-order valence-electron chi connectivity index (χ2n) is 3.68. The zero-order chi connectivity index (χ0) is 11.3. The highest BCUT2D eigenvalue weighted by molar-refractivity contribution is 5.88. The lowest BCUT2D eigenvalue weighted by atomic mass is 9.79. The summed E-state index contributed by atoms with van der Waals surface area (Å²) in [7, 11) is 0. The van der Waals surface area contributed by atoms with Gasteiger partial charge in [-0.15, -0.1) is 0 Å². The first-order valence-electron chi connectivity index (χ1n) is 5.29. The number of carbonyl (C=O) groups is 2. The maximum atomic E-state index is 11.5. The van der Waals surface area contributed by atoms with Crippen LogP contribution in [0.15, 0.2) is 0 Å². The molecule has 4 heteroatoms. The molecule has 0 amide bonds. The predicted octanol–water partition coefficient (Wildman–Crippen LogP) is 1.45. The molecule has 0 aromatic carbocycles. The fourth-order valence-corrected chi connectivity index (χ4v) is 1.90. The Balaban J connectivity index is 2.69. The lowest BCUT2D eigenvalue weighted by Gasteiger charge is -2.23. The molecule has 0 aliphatic heterocycles. The molecule has 0 saturated heterocycles. The topological polar surface area (TPSA) is 67.2 Å². The van der Waals surface area contributed by atoms with E-state index in [0.717, 1.165) is 12.8 Å². The Labute approximate surface area is 89.2 Å². The Bertz CT molecular complexity index is 293. The maximum absolute atomic E-state index is 11.5. The van der Waals surface area contributed by atoms with E-state index < -0.39 is 17.8 Å². The summed E-state index contributed by atoms with van der Waals surface area (Å²) < 4.78 is 4.78. The molecule has 82 valence electrons. The molecule has 0 radical (unpaired) electrons. The first kappa shape index (κ1) is 11.7. The Morgan fingerprint density at radius 2 is 2.40 bits per heavy atom. The Kier molecular flexibility index (Phi) is 4.29. The summed E-state index contributed by atoms with van der Waals surface area (Å²) in [4.78, 5) is 23.0. The van der Waals surface area contributed by atoms with Gasteiger partial charge in [0, 0.05) is 12.3 Å². The molecule has 0 aromatic rings. The fraction of sp³-hybridized carbons (Fsp3) is 0.727. The quantitative estimate of drug-likeness (QED) is 0.660. The monoisotopic (exact) mass is 209 g/mol. The summed E-state index contributed by atoms with van der Waals surface area (Å²) in [5.74, 6) is -1.87. The van der Waals surface area contributed by atoms with Crippen molar-refractivity contribution in [1.29, 1.82) is 5.26 Å². The van der Waals surface area contributed by atoms with Crippen LogP contribution in [0.2, 0.25) is 0 Å². The molecule has 0 N–H and O–H groups in total.